The molecule has 0 saturated heterocycles. The second kappa shape index (κ2) is 5.20. The topological polar surface area (TPSA) is 47.0 Å². The van der Waals surface area contributed by atoms with Gasteiger partial charge < -0.3 is 0 Å². The maximum atomic E-state index is 12.2. The van der Waals surface area contributed by atoms with Crippen LogP contribution in [0, 0.1) is 6.92 Å². The molecule has 0 atom stereocenters. The number of pyridine rings is 1. The van der Waals surface area contributed by atoms with Gasteiger partial charge in [-0.1, -0.05) is 17.7 Å². The number of halogens is 1. The lowest BCUT2D eigenvalue weighted by Crippen LogP contribution is -2.05. The first-order valence-electron chi connectivity index (χ1n) is 5.36. The van der Waals surface area contributed by atoms with Gasteiger partial charge in [0.05, 0.1) is 10.6 Å². The Morgan fingerprint density at radius 3 is 2.44 bits per heavy atom. The number of hydrogen-bond acceptors (Lipinski definition) is 3. The average Bonchev–Trinajstić information content (AvgIpc) is 2.29. The van der Waals surface area contributed by atoms with E-state index in [1.54, 1.807) is 42.7 Å². The number of aromatic nitrogens is 1. The van der Waals surface area contributed by atoms with E-state index in [0.29, 0.717) is 10.5 Å². The molecule has 0 aliphatic heterocycles. The fourth-order valence-electron chi connectivity index (χ4n) is 1.58. The van der Waals surface area contributed by atoms with Gasteiger partial charge in [-0.15, -0.1) is 0 Å². The lowest BCUT2D eigenvalue weighted by atomic mass is 10.2. The Bertz CT molecular complexity index is 651. The Morgan fingerprint density at radius 2 is 1.83 bits per heavy atom. The molecule has 0 aliphatic carbocycles. The monoisotopic (exact) mass is 325 g/mol. The first-order chi connectivity index (χ1) is 8.47. The van der Waals surface area contributed by atoms with E-state index in [9.17, 15) is 8.42 Å². The van der Waals surface area contributed by atoms with E-state index in [1.165, 1.54) is 0 Å². The molecule has 94 valence electrons. The van der Waals surface area contributed by atoms with Crippen LogP contribution in [-0.2, 0) is 15.6 Å². The largest absolute Gasteiger partial charge is 0.263 e. The number of sulfone groups is 1. The van der Waals surface area contributed by atoms with Crippen molar-refractivity contribution in [3.8, 4) is 0 Å². The van der Waals surface area contributed by atoms with E-state index in [1.807, 2.05) is 6.92 Å². The summed E-state index contributed by atoms with van der Waals surface area (Å²) in [6, 6.07) is 8.63. The van der Waals surface area contributed by atoms with Crippen LogP contribution >= 0.6 is 15.9 Å². The van der Waals surface area contributed by atoms with Gasteiger partial charge in [-0.3, -0.25) is 4.98 Å². The molecule has 0 bridgehead atoms. The van der Waals surface area contributed by atoms with Crippen LogP contribution in [0.25, 0.3) is 0 Å². The van der Waals surface area contributed by atoms with Gasteiger partial charge in [0.2, 0.25) is 0 Å². The van der Waals surface area contributed by atoms with Gasteiger partial charge in [-0.25, -0.2) is 8.42 Å². The first-order valence-corrected chi connectivity index (χ1v) is 7.81. The molecule has 2 aromatic rings. The normalized spacial score (nSPS) is 11.4. The van der Waals surface area contributed by atoms with Gasteiger partial charge in [-0.05, 0) is 46.6 Å². The Hall–Kier alpha value is -1.20. The maximum Gasteiger partial charge on any atom is 0.182 e. The van der Waals surface area contributed by atoms with Crippen molar-refractivity contribution in [1.29, 1.82) is 0 Å². The third-order valence-corrected chi connectivity index (χ3v) is 4.64. The third kappa shape index (κ3) is 3.17. The van der Waals surface area contributed by atoms with Crippen molar-refractivity contribution in [2.45, 2.75) is 17.6 Å². The first kappa shape index (κ1) is 13.2. The predicted octanol–water partition coefficient (Wildman–Crippen LogP) is 3.13. The van der Waals surface area contributed by atoms with Crippen LogP contribution in [0.1, 0.15) is 11.1 Å². The molecular weight excluding hydrogens is 314 g/mol. The summed E-state index contributed by atoms with van der Waals surface area (Å²) in [7, 11) is -3.31. The van der Waals surface area contributed by atoms with E-state index in [2.05, 4.69) is 20.9 Å². The number of aryl methyl sites for hydroxylation is 1. The molecule has 0 unspecified atom stereocenters. The summed E-state index contributed by atoms with van der Waals surface area (Å²) >= 11 is 3.28. The van der Waals surface area contributed by atoms with Gasteiger partial charge in [0.15, 0.2) is 9.84 Å². The molecule has 3 nitrogen and oxygen atoms in total. The molecule has 18 heavy (non-hydrogen) atoms. The SMILES string of the molecule is Cc1ccc(S(=O)(=O)Cc2cncc(Br)c2)cc1. The van der Waals surface area contributed by atoms with Crippen LogP contribution < -0.4 is 0 Å². The van der Waals surface area contributed by atoms with E-state index < -0.39 is 9.84 Å². The molecule has 0 aliphatic rings. The van der Waals surface area contributed by atoms with Gasteiger partial charge in [-0.2, -0.15) is 0 Å². The number of hydrogen-bond donors (Lipinski definition) is 0. The Balaban J connectivity index is 2.30. The van der Waals surface area contributed by atoms with E-state index in [4.69, 9.17) is 0 Å². The zero-order valence-corrected chi connectivity index (χ0v) is 12.2. The van der Waals surface area contributed by atoms with Crippen molar-refractivity contribution >= 4 is 25.8 Å². The molecule has 1 heterocycles. The maximum absolute atomic E-state index is 12.2. The quantitative estimate of drug-likeness (QED) is 0.871. The van der Waals surface area contributed by atoms with Crippen molar-refractivity contribution < 1.29 is 8.42 Å². The molecule has 0 saturated carbocycles. The minimum Gasteiger partial charge on any atom is -0.263 e. The van der Waals surface area contributed by atoms with E-state index in [-0.39, 0.29) is 5.75 Å². The predicted molar refractivity (Wildman–Crippen MR) is 74.0 cm³/mol. The number of rotatable bonds is 3. The second-order valence-electron chi connectivity index (χ2n) is 4.08. The fourth-order valence-corrected chi connectivity index (χ4v) is 3.31. The highest BCUT2D eigenvalue weighted by molar-refractivity contribution is 9.10. The Morgan fingerprint density at radius 1 is 1.17 bits per heavy atom. The number of nitrogens with zero attached hydrogens (tertiary/aromatic N) is 1. The molecule has 0 amide bonds. The summed E-state index contributed by atoms with van der Waals surface area (Å²) in [4.78, 5) is 4.31. The molecule has 2 rings (SSSR count). The van der Waals surface area contributed by atoms with Crippen molar-refractivity contribution in [2.75, 3.05) is 0 Å². The summed E-state index contributed by atoms with van der Waals surface area (Å²) < 4.78 is 25.1. The highest BCUT2D eigenvalue weighted by Gasteiger charge is 2.15. The molecule has 0 radical (unpaired) electrons. The smallest absolute Gasteiger partial charge is 0.182 e. The fraction of sp³-hybridized carbons (Fsp3) is 0.154. The summed E-state index contributed by atoms with van der Waals surface area (Å²) in [5.74, 6) is -0.0392. The van der Waals surface area contributed by atoms with Crippen LogP contribution in [0.3, 0.4) is 0 Å². The lowest BCUT2D eigenvalue weighted by Gasteiger charge is -2.05. The average molecular weight is 326 g/mol. The van der Waals surface area contributed by atoms with Crippen LogP contribution in [0.4, 0.5) is 0 Å². The Kier molecular flexibility index (Phi) is 3.82. The Labute approximate surface area is 115 Å². The molecule has 1 aromatic carbocycles. The van der Waals surface area contributed by atoms with Crippen molar-refractivity contribution in [3.63, 3.8) is 0 Å². The second-order valence-corrected chi connectivity index (χ2v) is 6.99. The van der Waals surface area contributed by atoms with Crippen LogP contribution in [0.15, 0.2) is 52.1 Å². The standard InChI is InChI=1S/C13H12BrNO2S/c1-10-2-4-13(5-3-10)18(16,17)9-11-6-12(14)8-15-7-11/h2-8H,9H2,1H3. The van der Waals surface area contributed by atoms with E-state index in [0.717, 1.165) is 10.0 Å². The highest BCUT2D eigenvalue weighted by atomic mass is 79.9. The van der Waals surface area contributed by atoms with Crippen LogP contribution in [-0.4, -0.2) is 13.4 Å². The van der Waals surface area contributed by atoms with Crippen molar-refractivity contribution in [2.24, 2.45) is 0 Å². The summed E-state index contributed by atoms with van der Waals surface area (Å²) in [5, 5.41) is 0. The third-order valence-electron chi connectivity index (χ3n) is 2.50. The molecule has 5 heteroatoms. The minimum atomic E-state index is -3.31. The molecule has 1 aromatic heterocycles. The zero-order chi connectivity index (χ0) is 13.2. The van der Waals surface area contributed by atoms with Crippen LogP contribution in [0.2, 0.25) is 0 Å². The van der Waals surface area contributed by atoms with Gasteiger partial charge >= 0.3 is 0 Å². The van der Waals surface area contributed by atoms with Gasteiger partial charge in [0, 0.05) is 16.9 Å². The summed E-state index contributed by atoms with van der Waals surface area (Å²) in [6.07, 6.45) is 3.19. The lowest BCUT2D eigenvalue weighted by molar-refractivity contribution is 0.595. The summed E-state index contributed by atoms with van der Waals surface area (Å²) in [6.45, 7) is 1.93. The van der Waals surface area contributed by atoms with Crippen LogP contribution in [0.5, 0.6) is 0 Å². The van der Waals surface area contributed by atoms with Gasteiger partial charge in [0.1, 0.15) is 0 Å². The summed E-state index contributed by atoms with van der Waals surface area (Å²) in [5.41, 5.74) is 1.71. The van der Waals surface area contributed by atoms with E-state index >= 15 is 0 Å². The molecule has 0 N–H and O–H groups in total. The molecular formula is C13H12BrNO2S. The molecule has 0 fully saturated rings. The highest BCUT2D eigenvalue weighted by Crippen LogP contribution is 2.18. The molecule has 0 spiro atoms. The zero-order valence-electron chi connectivity index (χ0n) is 9.80. The number of benzene rings is 1. The van der Waals surface area contributed by atoms with Crippen molar-refractivity contribution in [1.82, 2.24) is 4.98 Å². The van der Waals surface area contributed by atoms with Gasteiger partial charge in [0.25, 0.3) is 0 Å². The minimum absolute atomic E-state index is 0.0392. The van der Waals surface area contributed by atoms with Crippen molar-refractivity contribution in [3.05, 3.63) is 58.3 Å².